The molecular weight excluding hydrogens is 426 g/mol. The van der Waals surface area contributed by atoms with Crippen LogP contribution < -0.4 is 9.29 Å². The highest BCUT2D eigenvalue weighted by Gasteiger charge is 2.21. The van der Waals surface area contributed by atoms with E-state index in [1.807, 2.05) is 0 Å². The minimum Gasteiger partial charge on any atom is -0.412 e. The predicted octanol–water partition coefficient (Wildman–Crippen LogP) is 3.64. The molecule has 0 spiro atoms. The summed E-state index contributed by atoms with van der Waals surface area (Å²) in [6.07, 6.45) is 7.68. The molecule has 0 aliphatic carbocycles. The molecule has 9 heteroatoms. The zero-order chi connectivity index (χ0) is 21.1. The highest BCUT2D eigenvalue weighted by atomic mass is 35.5. The first-order chi connectivity index (χ1) is 14.4. The molecule has 2 aromatic heterocycles. The SMILES string of the molecule is O=C(c1ccncc1)c1cc(Cl)ccc1NS(=O)(=O)c1ccc(-[n+]2ccoc2)cc1. The first-order valence-electron chi connectivity index (χ1n) is 8.75. The van der Waals surface area contributed by atoms with Gasteiger partial charge in [-0.3, -0.25) is 14.5 Å². The van der Waals surface area contributed by atoms with Crippen LogP contribution in [0.25, 0.3) is 5.69 Å². The van der Waals surface area contributed by atoms with E-state index in [9.17, 15) is 13.2 Å². The van der Waals surface area contributed by atoms with Crippen LogP contribution in [-0.4, -0.2) is 19.2 Å². The lowest BCUT2D eigenvalue weighted by Gasteiger charge is -2.13. The largest absolute Gasteiger partial charge is 0.412 e. The van der Waals surface area contributed by atoms with Crippen molar-refractivity contribution in [3.05, 3.63) is 102 Å². The smallest absolute Gasteiger partial charge is 0.340 e. The minimum absolute atomic E-state index is 0.0487. The van der Waals surface area contributed by atoms with Gasteiger partial charge in [-0.15, -0.1) is 4.57 Å². The second kappa shape index (κ2) is 8.10. The van der Waals surface area contributed by atoms with Crippen LogP contribution in [0.15, 0.2) is 95.2 Å². The summed E-state index contributed by atoms with van der Waals surface area (Å²) in [5.74, 6) is -0.371. The van der Waals surface area contributed by atoms with Gasteiger partial charge in [0.25, 0.3) is 10.0 Å². The number of halogens is 1. The topological polar surface area (TPSA) is 93.1 Å². The summed E-state index contributed by atoms with van der Waals surface area (Å²) in [5.41, 5.74) is 1.38. The van der Waals surface area contributed by atoms with Crippen molar-refractivity contribution < 1.29 is 22.2 Å². The Morgan fingerprint density at radius 3 is 2.43 bits per heavy atom. The van der Waals surface area contributed by atoms with Gasteiger partial charge in [-0.05, 0) is 42.5 Å². The van der Waals surface area contributed by atoms with E-state index in [1.54, 1.807) is 35.0 Å². The van der Waals surface area contributed by atoms with Gasteiger partial charge in [-0.1, -0.05) is 11.6 Å². The zero-order valence-corrected chi connectivity index (χ0v) is 17.0. The highest BCUT2D eigenvalue weighted by Crippen LogP contribution is 2.26. The molecule has 0 unspecified atom stereocenters. The summed E-state index contributed by atoms with van der Waals surface area (Å²) < 4.78 is 35.0. The van der Waals surface area contributed by atoms with Crippen molar-refractivity contribution in [2.45, 2.75) is 4.90 Å². The average molecular weight is 441 g/mol. The third-order valence-electron chi connectivity index (χ3n) is 4.33. The summed E-state index contributed by atoms with van der Waals surface area (Å²) in [7, 11) is -3.94. The Morgan fingerprint density at radius 2 is 1.77 bits per heavy atom. The van der Waals surface area contributed by atoms with Gasteiger partial charge >= 0.3 is 6.39 Å². The Morgan fingerprint density at radius 1 is 1.03 bits per heavy atom. The second-order valence-electron chi connectivity index (χ2n) is 6.29. The highest BCUT2D eigenvalue weighted by molar-refractivity contribution is 7.92. The molecule has 150 valence electrons. The quantitative estimate of drug-likeness (QED) is 0.365. The number of benzene rings is 2. The first-order valence-corrected chi connectivity index (χ1v) is 10.6. The van der Waals surface area contributed by atoms with Crippen molar-refractivity contribution in [3.8, 4) is 5.69 Å². The number of ketones is 1. The van der Waals surface area contributed by atoms with Crippen LogP contribution in [-0.2, 0) is 10.0 Å². The summed E-state index contributed by atoms with van der Waals surface area (Å²) >= 11 is 6.05. The molecule has 0 fully saturated rings. The standard InChI is InChI=1S/C21H14ClN3O4S/c22-16-1-6-20(19(13-16)21(26)15-7-9-23-10-8-15)24-30(27,28)18-4-2-17(3-5-18)25-11-12-29-14-25/h1-14H/p+1. The fraction of sp³-hybridized carbons (Fsp3) is 0. The van der Waals surface area contributed by atoms with Crippen molar-refractivity contribution in [2.75, 3.05) is 4.72 Å². The van der Waals surface area contributed by atoms with Gasteiger partial charge < -0.3 is 4.42 Å². The molecule has 0 saturated heterocycles. The summed E-state index contributed by atoms with van der Waals surface area (Å²) in [6, 6.07) is 13.7. The van der Waals surface area contributed by atoms with E-state index in [1.165, 1.54) is 55.4 Å². The van der Waals surface area contributed by atoms with Crippen LogP contribution in [0.3, 0.4) is 0 Å². The van der Waals surface area contributed by atoms with Crippen molar-refractivity contribution in [2.24, 2.45) is 0 Å². The van der Waals surface area contributed by atoms with E-state index in [-0.39, 0.29) is 21.9 Å². The first kappa shape index (κ1) is 19.8. The monoisotopic (exact) mass is 440 g/mol. The molecule has 4 aromatic rings. The van der Waals surface area contributed by atoms with Gasteiger partial charge in [0.1, 0.15) is 0 Å². The van der Waals surface area contributed by atoms with Crippen molar-refractivity contribution in [3.63, 3.8) is 0 Å². The number of oxazole rings is 1. The van der Waals surface area contributed by atoms with Crippen LogP contribution in [0, 0.1) is 0 Å². The van der Waals surface area contributed by atoms with Gasteiger partial charge in [-0.25, -0.2) is 8.42 Å². The molecule has 0 saturated carbocycles. The number of nitrogens with zero attached hydrogens (tertiary/aromatic N) is 2. The molecule has 2 heterocycles. The maximum absolute atomic E-state index is 12.9. The number of hydrogen-bond donors (Lipinski definition) is 1. The van der Waals surface area contributed by atoms with Crippen molar-refractivity contribution in [1.29, 1.82) is 0 Å². The van der Waals surface area contributed by atoms with E-state index < -0.39 is 10.0 Å². The number of hydrogen-bond acceptors (Lipinski definition) is 5. The van der Waals surface area contributed by atoms with Crippen LogP contribution in [0.5, 0.6) is 0 Å². The van der Waals surface area contributed by atoms with E-state index in [0.29, 0.717) is 10.6 Å². The number of carbonyl (C=O) groups excluding carboxylic acids is 1. The van der Waals surface area contributed by atoms with Crippen LogP contribution in [0.1, 0.15) is 15.9 Å². The lowest BCUT2D eigenvalue weighted by molar-refractivity contribution is -0.599. The Balaban J connectivity index is 1.66. The summed E-state index contributed by atoms with van der Waals surface area (Å²) in [5, 5.41) is 0.317. The lowest BCUT2D eigenvalue weighted by atomic mass is 10.0. The lowest BCUT2D eigenvalue weighted by Crippen LogP contribution is -2.26. The van der Waals surface area contributed by atoms with Crippen LogP contribution in [0.4, 0.5) is 5.69 Å². The number of pyridine rings is 1. The number of rotatable bonds is 6. The second-order valence-corrected chi connectivity index (χ2v) is 8.41. The number of nitrogens with one attached hydrogen (secondary N) is 1. The molecule has 4 rings (SSSR count). The number of aromatic nitrogens is 2. The van der Waals surface area contributed by atoms with Gasteiger partial charge in [0, 0.05) is 40.7 Å². The Bertz CT molecular complexity index is 1290. The van der Waals surface area contributed by atoms with E-state index in [4.69, 9.17) is 16.0 Å². The molecular formula is C21H15ClN3O4S+. The fourth-order valence-electron chi connectivity index (χ4n) is 2.84. The van der Waals surface area contributed by atoms with Gasteiger partial charge in [0.05, 0.1) is 10.6 Å². The number of sulfonamides is 1. The molecule has 7 nitrogen and oxygen atoms in total. The van der Waals surface area contributed by atoms with Gasteiger partial charge in [0.2, 0.25) is 11.9 Å². The molecule has 0 radical (unpaired) electrons. The van der Waals surface area contributed by atoms with Gasteiger partial charge in [0.15, 0.2) is 12.0 Å². The van der Waals surface area contributed by atoms with E-state index in [2.05, 4.69) is 9.71 Å². The van der Waals surface area contributed by atoms with Crippen LogP contribution in [0.2, 0.25) is 5.02 Å². The Hall–Kier alpha value is -3.49. The fourth-order valence-corrected chi connectivity index (χ4v) is 4.09. The Labute approximate surface area is 177 Å². The van der Waals surface area contributed by atoms with Crippen molar-refractivity contribution >= 4 is 33.1 Å². The molecule has 0 aliphatic rings. The molecule has 0 amide bonds. The third-order valence-corrected chi connectivity index (χ3v) is 5.95. The normalized spacial score (nSPS) is 11.2. The maximum Gasteiger partial charge on any atom is 0.340 e. The molecule has 0 aliphatic heterocycles. The molecule has 0 bridgehead atoms. The zero-order valence-electron chi connectivity index (χ0n) is 15.4. The third kappa shape index (κ3) is 4.10. The summed E-state index contributed by atoms with van der Waals surface area (Å²) in [6.45, 7) is 0. The molecule has 1 N–H and O–H groups in total. The summed E-state index contributed by atoms with van der Waals surface area (Å²) in [4.78, 5) is 16.8. The van der Waals surface area contributed by atoms with Crippen molar-refractivity contribution in [1.82, 2.24) is 4.98 Å². The number of anilines is 1. The average Bonchev–Trinajstić information content (AvgIpc) is 3.30. The van der Waals surface area contributed by atoms with Gasteiger partial charge in [-0.2, -0.15) is 0 Å². The number of carbonyl (C=O) groups is 1. The predicted molar refractivity (Wildman–Crippen MR) is 110 cm³/mol. The maximum atomic E-state index is 12.9. The van der Waals surface area contributed by atoms with E-state index >= 15 is 0 Å². The molecule has 2 aromatic carbocycles. The van der Waals surface area contributed by atoms with Crippen LogP contribution >= 0.6 is 11.6 Å². The minimum atomic E-state index is -3.94. The van der Waals surface area contributed by atoms with E-state index in [0.717, 1.165) is 5.69 Å². The Kier molecular flexibility index (Phi) is 5.35. The molecule has 0 atom stereocenters. The molecule has 30 heavy (non-hydrogen) atoms.